The summed E-state index contributed by atoms with van der Waals surface area (Å²) in [6.45, 7) is 1.23. The Balaban J connectivity index is 1.53. The van der Waals surface area contributed by atoms with Crippen LogP contribution in [0, 0.1) is 5.92 Å². The van der Waals surface area contributed by atoms with Gasteiger partial charge in [0.1, 0.15) is 0 Å². The summed E-state index contributed by atoms with van der Waals surface area (Å²) in [7, 11) is 0. The van der Waals surface area contributed by atoms with Gasteiger partial charge in [0.05, 0.1) is 5.56 Å². The molecule has 2 aromatic carbocycles. The summed E-state index contributed by atoms with van der Waals surface area (Å²) >= 11 is 0. The van der Waals surface area contributed by atoms with Crippen molar-refractivity contribution in [3.8, 4) is 0 Å². The van der Waals surface area contributed by atoms with Gasteiger partial charge in [-0.15, -0.1) is 0 Å². The van der Waals surface area contributed by atoms with E-state index in [0.717, 1.165) is 36.1 Å². The van der Waals surface area contributed by atoms with E-state index in [1.807, 2.05) is 30.3 Å². The van der Waals surface area contributed by atoms with Crippen LogP contribution in [0.25, 0.3) is 0 Å². The van der Waals surface area contributed by atoms with Crippen LogP contribution in [0.4, 0.5) is 5.69 Å². The van der Waals surface area contributed by atoms with Gasteiger partial charge in [-0.05, 0) is 48.2 Å². The normalized spacial score (nSPS) is 13.9. The van der Waals surface area contributed by atoms with E-state index in [-0.39, 0.29) is 11.8 Å². The van der Waals surface area contributed by atoms with Crippen molar-refractivity contribution in [1.29, 1.82) is 0 Å². The van der Waals surface area contributed by atoms with E-state index >= 15 is 0 Å². The Labute approximate surface area is 147 Å². The van der Waals surface area contributed by atoms with Gasteiger partial charge < -0.3 is 15.7 Å². The minimum atomic E-state index is -0.920. The van der Waals surface area contributed by atoms with Crippen LogP contribution < -0.4 is 10.6 Å². The monoisotopic (exact) mass is 338 g/mol. The molecular weight excluding hydrogens is 316 g/mol. The van der Waals surface area contributed by atoms with Crippen molar-refractivity contribution < 1.29 is 14.7 Å². The van der Waals surface area contributed by atoms with E-state index < -0.39 is 5.97 Å². The molecule has 0 radical (unpaired) electrons. The number of rotatable bonds is 7. The smallest absolute Gasteiger partial charge is 0.335 e. The topological polar surface area (TPSA) is 78.4 Å². The average Bonchev–Trinajstić information content (AvgIpc) is 2.54. The number of carbonyl (C=O) groups is 2. The Kier molecular flexibility index (Phi) is 5.46. The van der Waals surface area contributed by atoms with Crippen LogP contribution in [-0.2, 0) is 17.9 Å². The largest absolute Gasteiger partial charge is 0.478 e. The standard InChI is InChI=1S/C20H22N2O3/c23-19(16-6-3-7-16)22-18-9-2-5-15(11-18)13-21-12-14-4-1-8-17(10-14)20(24)25/h1-2,4-5,8-11,16,21H,3,6-7,12-13H2,(H,22,23)(H,24,25). The predicted octanol–water partition coefficient (Wildman–Crippen LogP) is 3.41. The molecule has 2 aromatic rings. The Bertz CT molecular complexity index is 769. The number of carbonyl (C=O) groups excluding carboxylic acids is 1. The molecule has 0 heterocycles. The second-order valence-corrected chi connectivity index (χ2v) is 6.43. The molecule has 1 saturated carbocycles. The van der Waals surface area contributed by atoms with Gasteiger partial charge in [0.25, 0.3) is 0 Å². The number of amides is 1. The fourth-order valence-corrected chi connectivity index (χ4v) is 2.84. The van der Waals surface area contributed by atoms with Crippen molar-refractivity contribution in [2.45, 2.75) is 32.4 Å². The molecule has 1 aliphatic carbocycles. The Morgan fingerprint density at radius 2 is 1.68 bits per heavy atom. The highest BCUT2D eigenvalue weighted by molar-refractivity contribution is 5.93. The molecule has 0 aliphatic heterocycles. The SMILES string of the molecule is O=C(O)c1cccc(CNCc2cccc(NC(=O)C3CCC3)c2)c1. The first kappa shape index (κ1) is 17.2. The van der Waals surface area contributed by atoms with Crippen LogP contribution in [0.1, 0.15) is 40.7 Å². The lowest BCUT2D eigenvalue weighted by atomic mass is 9.85. The van der Waals surface area contributed by atoms with Gasteiger partial charge in [-0.3, -0.25) is 4.79 Å². The Morgan fingerprint density at radius 3 is 2.32 bits per heavy atom. The minimum absolute atomic E-state index is 0.113. The summed E-state index contributed by atoms with van der Waals surface area (Å²) in [6, 6.07) is 14.7. The van der Waals surface area contributed by atoms with Crippen LogP contribution >= 0.6 is 0 Å². The fourth-order valence-electron chi connectivity index (χ4n) is 2.84. The van der Waals surface area contributed by atoms with Crippen molar-refractivity contribution in [3.05, 3.63) is 65.2 Å². The summed E-state index contributed by atoms with van der Waals surface area (Å²) in [5.74, 6) is -0.637. The van der Waals surface area contributed by atoms with E-state index in [4.69, 9.17) is 5.11 Å². The Morgan fingerprint density at radius 1 is 1.00 bits per heavy atom. The first-order chi connectivity index (χ1) is 12.1. The molecule has 0 atom stereocenters. The summed E-state index contributed by atoms with van der Waals surface area (Å²) < 4.78 is 0. The lowest BCUT2D eigenvalue weighted by molar-refractivity contribution is -0.122. The van der Waals surface area contributed by atoms with E-state index in [1.165, 1.54) is 0 Å². The molecule has 1 amide bonds. The van der Waals surface area contributed by atoms with Crippen molar-refractivity contribution >= 4 is 17.6 Å². The zero-order valence-corrected chi connectivity index (χ0v) is 14.0. The minimum Gasteiger partial charge on any atom is -0.478 e. The van der Waals surface area contributed by atoms with Crippen LogP contribution in [0.15, 0.2) is 48.5 Å². The van der Waals surface area contributed by atoms with Crippen molar-refractivity contribution in [2.75, 3.05) is 5.32 Å². The number of carboxylic acids is 1. The van der Waals surface area contributed by atoms with E-state index in [9.17, 15) is 9.59 Å². The molecule has 0 aromatic heterocycles. The second-order valence-electron chi connectivity index (χ2n) is 6.43. The third kappa shape index (κ3) is 4.67. The number of aromatic carboxylic acids is 1. The zero-order chi connectivity index (χ0) is 17.6. The van der Waals surface area contributed by atoms with Crippen LogP contribution in [0.2, 0.25) is 0 Å². The lowest BCUT2D eigenvalue weighted by Gasteiger charge is -2.24. The first-order valence-corrected chi connectivity index (χ1v) is 8.54. The van der Waals surface area contributed by atoms with Gasteiger partial charge in [0.2, 0.25) is 5.91 Å². The van der Waals surface area contributed by atoms with Gasteiger partial charge >= 0.3 is 5.97 Å². The molecule has 5 nitrogen and oxygen atoms in total. The molecule has 130 valence electrons. The quantitative estimate of drug-likeness (QED) is 0.723. The van der Waals surface area contributed by atoms with Gasteiger partial charge in [-0.25, -0.2) is 4.79 Å². The number of hydrogen-bond acceptors (Lipinski definition) is 3. The average molecular weight is 338 g/mol. The third-order valence-electron chi connectivity index (χ3n) is 4.50. The molecule has 1 aliphatic rings. The predicted molar refractivity (Wildman–Crippen MR) is 96.4 cm³/mol. The summed E-state index contributed by atoms with van der Waals surface area (Å²) in [6.07, 6.45) is 3.12. The molecule has 0 spiro atoms. The molecule has 0 unspecified atom stereocenters. The summed E-state index contributed by atoms with van der Waals surface area (Å²) in [4.78, 5) is 23.0. The van der Waals surface area contributed by atoms with Crippen molar-refractivity contribution in [1.82, 2.24) is 5.32 Å². The van der Waals surface area contributed by atoms with E-state index in [0.29, 0.717) is 18.7 Å². The highest BCUT2D eigenvalue weighted by Gasteiger charge is 2.25. The molecule has 1 fully saturated rings. The number of carboxylic acid groups (broad SMARTS) is 1. The van der Waals surface area contributed by atoms with Crippen molar-refractivity contribution in [2.24, 2.45) is 5.92 Å². The zero-order valence-electron chi connectivity index (χ0n) is 14.0. The number of anilines is 1. The summed E-state index contributed by atoms with van der Waals surface area (Å²) in [5, 5.41) is 15.3. The maximum absolute atomic E-state index is 12.0. The molecule has 0 saturated heterocycles. The number of nitrogens with one attached hydrogen (secondary N) is 2. The van der Waals surface area contributed by atoms with Crippen molar-refractivity contribution in [3.63, 3.8) is 0 Å². The second kappa shape index (κ2) is 7.94. The lowest BCUT2D eigenvalue weighted by Crippen LogP contribution is -2.28. The molecule has 3 rings (SSSR count). The van der Waals surface area contributed by atoms with Crippen LogP contribution in [-0.4, -0.2) is 17.0 Å². The highest BCUT2D eigenvalue weighted by atomic mass is 16.4. The van der Waals surface area contributed by atoms with E-state index in [1.54, 1.807) is 18.2 Å². The van der Waals surface area contributed by atoms with Gasteiger partial charge in [0.15, 0.2) is 0 Å². The molecule has 0 bridgehead atoms. The Hall–Kier alpha value is -2.66. The number of hydrogen-bond donors (Lipinski definition) is 3. The highest BCUT2D eigenvalue weighted by Crippen LogP contribution is 2.27. The first-order valence-electron chi connectivity index (χ1n) is 8.54. The van der Waals surface area contributed by atoms with Gasteiger partial charge in [0, 0.05) is 24.7 Å². The molecule has 25 heavy (non-hydrogen) atoms. The van der Waals surface area contributed by atoms with Crippen LogP contribution in [0.3, 0.4) is 0 Å². The molecule has 3 N–H and O–H groups in total. The maximum atomic E-state index is 12.0. The molecular formula is C20H22N2O3. The van der Waals surface area contributed by atoms with Crippen LogP contribution in [0.5, 0.6) is 0 Å². The van der Waals surface area contributed by atoms with E-state index in [2.05, 4.69) is 10.6 Å². The third-order valence-corrected chi connectivity index (χ3v) is 4.50. The maximum Gasteiger partial charge on any atom is 0.335 e. The molecule has 5 heteroatoms. The summed E-state index contributed by atoms with van der Waals surface area (Å²) in [5.41, 5.74) is 3.11. The fraction of sp³-hybridized carbons (Fsp3) is 0.300. The van der Waals surface area contributed by atoms with Gasteiger partial charge in [-0.2, -0.15) is 0 Å². The number of benzene rings is 2. The van der Waals surface area contributed by atoms with Gasteiger partial charge in [-0.1, -0.05) is 30.7 Å².